The van der Waals surface area contributed by atoms with Crippen LogP contribution in [0, 0.1) is 13.8 Å². The molecule has 0 bridgehead atoms. The Balaban J connectivity index is 2.36. The van der Waals surface area contributed by atoms with Gasteiger partial charge in [-0.2, -0.15) is 0 Å². The van der Waals surface area contributed by atoms with Crippen LogP contribution in [-0.2, 0) is 16.4 Å². The van der Waals surface area contributed by atoms with Gasteiger partial charge in [0.2, 0.25) is 0 Å². The van der Waals surface area contributed by atoms with Crippen LogP contribution in [-0.4, -0.2) is 8.42 Å². The van der Waals surface area contributed by atoms with Crippen molar-refractivity contribution in [2.75, 3.05) is 4.72 Å². The number of rotatable bonds is 6. The van der Waals surface area contributed by atoms with E-state index in [1.54, 1.807) is 24.3 Å². The summed E-state index contributed by atoms with van der Waals surface area (Å²) in [7, 11) is -3.58. The molecule has 0 aliphatic heterocycles. The molecule has 0 amide bonds. The number of hydrogen-bond acceptors (Lipinski definition) is 2. The van der Waals surface area contributed by atoms with Crippen molar-refractivity contribution < 1.29 is 8.42 Å². The third-order valence-electron chi connectivity index (χ3n) is 3.54. The van der Waals surface area contributed by atoms with Crippen LogP contribution in [0.1, 0.15) is 23.1 Å². The Morgan fingerprint density at radius 3 is 2.41 bits per heavy atom. The fraction of sp³-hybridized carbons (Fsp3) is 0.222. The molecule has 0 saturated heterocycles. The lowest BCUT2D eigenvalue weighted by atomic mass is 10.0. The highest BCUT2D eigenvalue weighted by atomic mass is 32.2. The first kappa shape index (κ1) is 16.3. The largest absolute Gasteiger partial charge is 0.279 e. The molecule has 4 heteroatoms. The van der Waals surface area contributed by atoms with Crippen LogP contribution in [0.3, 0.4) is 0 Å². The lowest BCUT2D eigenvalue weighted by Crippen LogP contribution is -2.15. The Kier molecular flexibility index (Phi) is 5.03. The van der Waals surface area contributed by atoms with E-state index in [0.717, 1.165) is 29.5 Å². The minimum Gasteiger partial charge on any atom is -0.279 e. The highest BCUT2D eigenvalue weighted by molar-refractivity contribution is 7.92. The predicted octanol–water partition coefficient (Wildman–Crippen LogP) is 4.22. The Morgan fingerprint density at radius 2 is 1.77 bits per heavy atom. The number of hydrogen-bond donors (Lipinski definition) is 1. The second-order valence-corrected chi connectivity index (χ2v) is 7.04. The third kappa shape index (κ3) is 3.77. The summed E-state index contributed by atoms with van der Waals surface area (Å²) in [6.45, 7) is 7.56. The third-order valence-corrected chi connectivity index (χ3v) is 4.91. The zero-order chi connectivity index (χ0) is 16.2. The van der Waals surface area contributed by atoms with E-state index in [9.17, 15) is 8.42 Å². The number of aryl methyl sites for hydroxylation is 3. The second-order valence-electron chi connectivity index (χ2n) is 5.35. The summed E-state index contributed by atoms with van der Waals surface area (Å²) in [5.41, 5.74) is 3.60. The first-order valence-corrected chi connectivity index (χ1v) is 8.71. The molecule has 2 aromatic rings. The van der Waals surface area contributed by atoms with E-state index in [-0.39, 0.29) is 4.90 Å². The molecule has 116 valence electrons. The zero-order valence-electron chi connectivity index (χ0n) is 13.0. The Labute approximate surface area is 132 Å². The first-order valence-electron chi connectivity index (χ1n) is 7.23. The van der Waals surface area contributed by atoms with Crippen LogP contribution in [0.15, 0.2) is 60.0 Å². The topological polar surface area (TPSA) is 46.2 Å². The number of para-hydroxylation sites is 1. The molecule has 0 aliphatic carbocycles. The maximum Gasteiger partial charge on any atom is 0.261 e. The van der Waals surface area contributed by atoms with Gasteiger partial charge in [-0.1, -0.05) is 42.0 Å². The SMILES string of the molecule is C=CCCc1cccc(C)c1NS(=O)(=O)c1ccc(C)cc1. The summed E-state index contributed by atoms with van der Waals surface area (Å²) in [5, 5.41) is 0. The van der Waals surface area contributed by atoms with Gasteiger partial charge in [0.1, 0.15) is 0 Å². The van der Waals surface area contributed by atoms with Gasteiger partial charge in [-0.25, -0.2) is 8.42 Å². The van der Waals surface area contributed by atoms with Crippen LogP contribution >= 0.6 is 0 Å². The van der Waals surface area contributed by atoms with Crippen LogP contribution in [0.2, 0.25) is 0 Å². The first-order chi connectivity index (χ1) is 10.4. The standard InChI is InChI=1S/C18H21NO2S/c1-4-5-8-16-9-6-7-15(3)18(16)19-22(20,21)17-12-10-14(2)11-13-17/h4,6-7,9-13,19H,1,5,8H2,2-3H3. The van der Waals surface area contributed by atoms with Crippen LogP contribution in [0.5, 0.6) is 0 Å². The molecule has 0 saturated carbocycles. The van der Waals surface area contributed by atoms with Gasteiger partial charge in [-0.3, -0.25) is 4.72 Å². The molecule has 3 nitrogen and oxygen atoms in total. The van der Waals surface area contributed by atoms with E-state index in [1.807, 2.05) is 38.1 Å². The van der Waals surface area contributed by atoms with E-state index < -0.39 is 10.0 Å². The molecule has 22 heavy (non-hydrogen) atoms. The van der Waals surface area contributed by atoms with Crippen LogP contribution < -0.4 is 4.72 Å². The number of allylic oxidation sites excluding steroid dienone is 1. The fourth-order valence-corrected chi connectivity index (χ4v) is 3.42. The monoisotopic (exact) mass is 315 g/mol. The highest BCUT2D eigenvalue weighted by Gasteiger charge is 2.17. The van der Waals surface area contributed by atoms with E-state index in [2.05, 4.69) is 11.3 Å². The maximum atomic E-state index is 12.6. The van der Waals surface area contributed by atoms with Gasteiger partial charge in [0.25, 0.3) is 10.0 Å². The van der Waals surface area contributed by atoms with Gasteiger partial charge in [0.05, 0.1) is 10.6 Å². The van der Waals surface area contributed by atoms with Gasteiger partial charge in [-0.05, 0) is 49.9 Å². The van der Waals surface area contributed by atoms with E-state index in [1.165, 1.54) is 0 Å². The Morgan fingerprint density at radius 1 is 1.09 bits per heavy atom. The number of benzene rings is 2. The van der Waals surface area contributed by atoms with Gasteiger partial charge in [0, 0.05) is 0 Å². The van der Waals surface area contributed by atoms with Crippen molar-refractivity contribution in [3.63, 3.8) is 0 Å². The summed E-state index contributed by atoms with van der Waals surface area (Å²) in [6, 6.07) is 12.6. The average Bonchev–Trinajstić information content (AvgIpc) is 2.48. The summed E-state index contributed by atoms with van der Waals surface area (Å²) in [4.78, 5) is 0.274. The average molecular weight is 315 g/mol. The van der Waals surface area contributed by atoms with Crippen LogP contribution in [0.25, 0.3) is 0 Å². The van der Waals surface area contributed by atoms with Gasteiger partial charge >= 0.3 is 0 Å². The van der Waals surface area contributed by atoms with Crippen molar-refractivity contribution in [2.45, 2.75) is 31.6 Å². The zero-order valence-corrected chi connectivity index (χ0v) is 13.8. The minimum absolute atomic E-state index is 0.274. The van der Waals surface area contributed by atoms with Crippen molar-refractivity contribution in [3.05, 3.63) is 71.8 Å². The summed E-state index contributed by atoms with van der Waals surface area (Å²) in [6.07, 6.45) is 3.40. The summed E-state index contributed by atoms with van der Waals surface area (Å²) >= 11 is 0. The normalized spacial score (nSPS) is 11.2. The second kappa shape index (κ2) is 6.79. The van der Waals surface area contributed by atoms with Crippen molar-refractivity contribution >= 4 is 15.7 Å². The molecule has 2 rings (SSSR count). The summed E-state index contributed by atoms with van der Waals surface area (Å²) in [5.74, 6) is 0. The molecule has 0 fully saturated rings. The van der Waals surface area contributed by atoms with E-state index in [0.29, 0.717) is 5.69 Å². The summed E-state index contributed by atoms with van der Waals surface area (Å²) < 4.78 is 27.9. The lowest BCUT2D eigenvalue weighted by Gasteiger charge is -2.15. The Hall–Kier alpha value is -2.07. The van der Waals surface area contributed by atoms with E-state index >= 15 is 0 Å². The van der Waals surface area contributed by atoms with Crippen molar-refractivity contribution in [1.29, 1.82) is 0 Å². The fourth-order valence-electron chi connectivity index (χ4n) is 2.25. The molecule has 0 unspecified atom stereocenters. The van der Waals surface area contributed by atoms with Gasteiger partial charge < -0.3 is 0 Å². The smallest absolute Gasteiger partial charge is 0.261 e. The molecule has 0 spiro atoms. The van der Waals surface area contributed by atoms with Crippen LogP contribution in [0.4, 0.5) is 5.69 Å². The van der Waals surface area contributed by atoms with E-state index in [4.69, 9.17) is 0 Å². The molecule has 2 aromatic carbocycles. The van der Waals surface area contributed by atoms with Crippen molar-refractivity contribution in [2.24, 2.45) is 0 Å². The van der Waals surface area contributed by atoms with Crippen molar-refractivity contribution in [3.8, 4) is 0 Å². The molecule has 0 aliphatic rings. The lowest BCUT2D eigenvalue weighted by molar-refractivity contribution is 0.601. The van der Waals surface area contributed by atoms with Gasteiger partial charge in [-0.15, -0.1) is 6.58 Å². The number of nitrogens with one attached hydrogen (secondary N) is 1. The van der Waals surface area contributed by atoms with Gasteiger partial charge in [0.15, 0.2) is 0 Å². The molecule has 0 aromatic heterocycles. The van der Waals surface area contributed by atoms with Crippen molar-refractivity contribution in [1.82, 2.24) is 0 Å². The number of anilines is 1. The number of sulfonamides is 1. The molecular formula is C18H21NO2S. The molecule has 0 radical (unpaired) electrons. The molecule has 0 atom stereocenters. The maximum absolute atomic E-state index is 12.6. The highest BCUT2D eigenvalue weighted by Crippen LogP contribution is 2.25. The minimum atomic E-state index is -3.58. The predicted molar refractivity (Wildman–Crippen MR) is 91.7 cm³/mol. The molecule has 0 heterocycles. The molecule has 1 N–H and O–H groups in total. The Bertz CT molecular complexity index is 762. The molecular weight excluding hydrogens is 294 g/mol. The quantitative estimate of drug-likeness (QED) is 0.811.